The third-order valence-electron chi connectivity index (χ3n) is 4.03. The van der Waals surface area contributed by atoms with Gasteiger partial charge in [-0.1, -0.05) is 39.0 Å². The minimum atomic E-state index is 0.256. The zero-order valence-electron chi connectivity index (χ0n) is 13.3. The van der Waals surface area contributed by atoms with Gasteiger partial charge in [0.1, 0.15) is 0 Å². The van der Waals surface area contributed by atoms with Gasteiger partial charge >= 0.3 is 0 Å². The summed E-state index contributed by atoms with van der Waals surface area (Å²) in [7, 11) is 0. The van der Waals surface area contributed by atoms with Crippen LogP contribution in [-0.2, 0) is 11.3 Å². The number of fused-ring (bicyclic) bond motifs is 1. The highest BCUT2D eigenvalue weighted by Gasteiger charge is 2.29. The van der Waals surface area contributed by atoms with Crippen molar-refractivity contribution in [2.24, 2.45) is 5.41 Å². The van der Waals surface area contributed by atoms with Crippen LogP contribution in [0, 0.1) is 5.41 Å². The van der Waals surface area contributed by atoms with E-state index in [1.807, 2.05) is 0 Å². The van der Waals surface area contributed by atoms with Crippen molar-refractivity contribution < 1.29 is 4.74 Å². The molecular weight excluding hydrogens is 248 g/mol. The maximum Gasteiger partial charge on any atom is 0.0641 e. The van der Waals surface area contributed by atoms with Gasteiger partial charge in [-0.25, -0.2) is 0 Å². The number of rotatable bonds is 4. The van der Waals surface area contributed by atoms with Crippen LogP contribution >= 0.6 is 0 Å². The maximum atomic E-state index is 5.55. The Balaban J connectivity index is 2.18. The fourth-order valence-electron chi connectivity index (χ4n) is 2.70. The van der Waals surface area contributed by atoms with E-state index in [2.05, 4.69) is 62.2 Å². The average molecular weight is 276 g/mol. The number of para-hydroxylation sites is 1. The number of hydrogen-bond acceptors (Lipinski definition) is 3. The first kappa shape index (κ1) is 15.3. The lowest BCUT2D eigenvalue weighted by Gasteiger charge is -2.34. The molecule has 3 heteroatoms. The molecule has 1 aliphatic rings. The Bertz CT molecular complexity index is 425. The van der Waals surface area contributed by atoms with Crippen molar-refractivity contribution in [2.75, 3.05) is 31.2 Å². The van der Waals surface area contributed by atoms with E-state index < -0.39 is 0 Å². The molecule has 2 rings (SSSR count). The van der Waals surface area contributed by atoms with Gasteiger partial charge in [-0.3, -0.25) is 0 Å². The molecule has 3 nitrogen and oxygen atoms in total. The van der Waals surface area contributed by atoms with Crippen molar-refractivity contribution in [3.63, 3.8) is 0 Å². The lowest BCUT2D eigenvalue weighted by Crippen LogP contribution is -2.47. The molecule has 1 N–H and O–H groups in total. The Kier molecular flexibility index (Phi) is 5.06. The van der Waals surface area contributed by atoms with Gasteiger partial charge in [0.05, 0.1) is 6.61 Å². The van der Waals surface area contributed by atoms with Crippen LogP contribution in [0.3, 0.4) is 0 Å². The van der Waals surface area contributed by atoms with E-state index in [9.17, 15) is 0 Å². The first-order chi connectivity index (χ1) is 9.52. The largest absolute Gasteiger partial charge is 0.380 e. The van der Waals surface area contributed by atoms with Crippen LogP contribution in [0.5, 0.6) is 0 Å². The maximum absolute atomic E-state index is 5.55. The zero-order valence-corrected chi connectivity index (χ0v) is 13.3. The van der Waals surface area contributed by atoms with Crippen molar-refractivity contribution in [3.05, 3.63) is 29.8 Å². The Morgan fingerprint density at radius 3 is 2.75 bits per heavy atom. The molecule has 0 fully saturated rings. The summed E-state index contributed by atoms with van der Waals surface area (Å²) in [5.74, 6) is 0. The van der Waals surface area contributed by atoms with Gasteiger partial charge in [-0.15, -0.1) is 0 Å². The van der Waals surface area contributed by atoms with Crippen molar-refractivity contribution in [2.45, 2.75) is 40.3 Å². The molecule has 1 atom stereocenters. The normalized spacial score (nSPS) is 19.6. The molecule has 0 spiro atoms. The molecular formula is C17H28N2O. The summed E-state index contributed by atoms with van der Waals surface area (Å²) >= 11 is 0. The molecule has 0 saturated carbocycles. The van der Waals surface area contributed by atoms with Crippen LogP contribution in [0.1, 0.15) is 33.3 Å². The van der Waals surface area contributed by atoms with E-state index in [-0.39, 0.29) is 5.41 Å². The van der Waals surface area contributed by atoms with Gasteiger partial charge in [-0.05, 0) is 24.0 Å². The fraction of sp³-hybridized carbons (Fsp3) is 0.647. The molecule has 1 heterocycles. The summed E-state index contributed by atoms with van der Waals surface area (Å²) in [5, 5.41) is 3.72. The third kappa shape index (κ3) is 3.74. The number of benzene rings is 1. The van der Waals surface area contributed by atoms with Crippen molar-refractivity contribution in [3.8, 4) is 0 Å². The van der Waals surface area contributed by atoms with Crippen LogP contribution in [0.4, 0.5) is 5.69 Å². The molecule has 0 bridgehead atoms. The second-order valence-electron chi connectivity index (χ2n) is 6.57. The molecule has 112 valence electrons. The van der Waals surface area contributed by atoms with Gasteiger partial charge in [0.25, 0.3) is 0 Å². The van der Waals surface area contributed by atoms with Gasteiger partial charge in [0, 0.05) is 38.0 Å². The Morgan fingerprint density at radius 1 is 1.30 bits per heavy atom. The van der Waals surface area contributed by atoms with E-state index in [0.29, 0.717) is 6.04 Å². The van der Waals surface area contributed by atoms with Crippen molar-refractivity contribution >= 4 is 5.69 Å². The third-order valence-corrected chi connectivity index (χ3v) is 4.03. The van der Waals surface area contributed by atoms with Gasteiger partial charge in [0.2, 0.25) is 0 Å². The second kappa shape index (κ2) is 6.59. The number of nitrogens with zero attached hydrogens (tertiary/aromatic N) is 1. The van der Waals surface area contributed by atoms with Crippen molar-refractivity contribution in [1.82, 2.24) is 5.32 Å². The van der Waals surface area contributed by atoms with Gasteiger partial charge < -0.3 is 15.0 Å². The van der Waals surface area contributed by atoms with E-state index in [4.69, 9.17) is 4.74 Å². The summed E-state index contributed by atoms with van der Waals surface area (Å²) in [6, 6.07) is 9.19. The first-order valence-electron chi connectivity index (χ1n) is 7.66. The predicted octanol–water partition coefficient (Wildman–Crippen LogP) is 3.05. The van der Waals surface area contributed by atoms with Crippen molar-refractivity contribution in [1.29, 1.82) is 0 Å². The van der Waals surface area contributed by atoms with E-state index in [0.717, 1.165) is 32.8 Å². The number of anilines is 1. The summed E-state index contributed by atoms with van der Waals surface area (Å²) in [6.07, 6.45) is 0. The summed E-state index contributed by atoms with van der Waals surface area (Å²) in [4.78, 5) is 2.47. The number of nitrogens with one attached hydrogen (secondary N) is 1. The fourth-order valence-corrected chi connectivity index (χ4v) is 2.70. The van der Waals surface area contributed by atoms with Crippen LogP contribution in [0.15, 0.2) is 24.3 Å². The predicted molar refractivity (Wildman–Crippen MR) is 85.2 cm³/mol. The van der Waals surface area contributed by atoms with Crippen LogP contribution in [-0.4, -0.2) is 32.3 Å². The topological polar surface area (TPSA) is 24.5 Å². The van der Waals surface area contributed by atoms with Crippen LogP contribution in [0.2, 0.25) is 0 Å². The molecule has 1 aromatic carbocycles. The molecule has 0 amide bonds. The first-order valence-corrected chi connectivity index (χ1v) is 7.66. The van der Waals surface area contributed by atoms with Gasteiger partial charge in [0.15, 0.2) is 0 Å². The molecule has 1 aromatic rings. The molecule has 1 unspecified atom stereocenters. The minimum absolute atomic E-state index is 0.256. The Labute approximate surface area is 123 Å². The highest BCUT2D eigenvalue weighted by atomic mass is 16.5. The summed E-state index contributed by atoms with van der Waals surface area (Å²) in [6.45, 7) is 13.5. The summed E-state index contributed by atoms with van der Waals surface area (Å²) in [5.41, 5.74) is 2.99. The standard InChI is InChI=1S/C17H28N2O/c1-5-20-11-10-19-13-16(17(2,3)4)18-12-14-8-6-7-9-15(14)19/h6-9,16,18H,5,10-13H2,1-4H3. The lowest BCUT2D eigenvalue weighted by atomic mass is 9.86. The zero-order chi connectivity index (χ0) is 14.6. The Morgan fingerprint density at radius 2 is 2.05 bits per heavy atom. The highest BCUT2D eigenvalue weighted by molar-refractivity contribution is 5.54. The molecule has 0 aliphatic carbocycles. The van der Waals surface area contributed by atoms with E-state index >= 15 is 0 Å². The highest BCUT2D eigenvalue weighted by Crippen LogP contribution is 2.28. The van der Waals surface area contributed by atoms with Crippen LogP contribution in [0.25, 0.3) is 0 Å². The smallest absolute Gasteiger partial charge is 0.0641 e. The van der Waals surface area contributed by atoms with E-state index in [1.54, 1.807) is 0 Å². The number of ether oxygens (including phenoxy) is 1. The molecule has 1 aliphatic heterocycles. The molecule has 0 aromatic heterocycles. The minimum Gasteiger partial charge on any atom is -0.380 e. The molecule has 20 heavy (non-hydrogen) atoms. The van der Waals surface area contributed by atoms with Crippen LogP contribution < -0.4 is 10.2 Å². The molecule has 0 saturated heterocycles. The van der Waals surface area contributed by atoms with E-state index in [1.165, 1.54) is 11.3 Å². The second-order valence-corrected chi connectivity index (χ2v) is 6.57. The summed E-state index contributed by atoms with van der Waals surface area (Å²) < 4.78 is 5.55. The number of hydrogen-bond donors (Lipinski definition) is 1. The molecule has 0 radical (unpaired) electrons. The SMILES string of the molecule is CCOCCN1CC(C(C)(C)C)NCc2ccccc21. The lowest BCUT2D eigenvalue weighted by molar-refractivity contribution is 0.152. The average Bonchev–Trinajstić information content (AvgIpc) is 2.59. The monoisotopic (exact) mass is 276 g/mol. The Hall–Kier alpha value is -1.06. The van der Waals surface area contributed by atoms with Gasteiger partial charge in [-0.2, -0.15) is 0 Å². The quantitative estimate of drug-likeness (QED) is 0.856.